The van der Waals surface area contributed by atoms with Crippen molar-refractivity contribution in [3.8, 4) is 0 Å². The Bertz CT molecular complexity index is 390. The topological polar surface area (TPSA) is 28.2 Å². The van der Waals surface area contributed by atoms with E-state index >= 15 is 0 Å². The van der Waals surface area contributed by atoms with Gasteiger partial charge in [-0.3, -0.25) is 4.90 Å². The minimum Gasteiger partial charge on any atom is -0.316 e. The molecule has 0 spiro atoms. The van der Waals surface area contributed by atoms with Crippen molar-refractivity contribution in [3.05, 3.63) is 16.1 Å². The fraction of sp³-hybridized carbons (Fsp3) is 0.786. The minimum absolute atomic E-state index is 0.882. The van der Waals surface area contributed by atoms with Gasteiger partial charge in [0.1, 0.15) is 0 Å². The maximum Gasteiger partial charge on any atom is 0.0928 e. The molecular weight excluding hydrogens is 242 g/mol. The van der Waals surface area contributed by atoms with Crippen LogP contribution in [-0.2, 0) is 13.0 Å². The lowest BCUT2D eigenvalue weighted by Crippen LogP contribution is -2.39. The van der Waals surface area contributed by atoms with Gasteiger partial charge >= 0.3 is 0 Å². The summed E-state index contributed by atoms with van der Waals surface area (Å²) in [6.45, 7) is 8.26. The molecule has 3 nitrogen and oxygen atoms in total. The summed E-state index contributed by atoms with van der Waals surface area (Å²) in [6.07, 6.45) is 3.70. The van der Waals surface area contributed by atoms with Crippen LogP contribution >= 0.6 is 11.3 Å². The zero-order chi connectivity index (χ0) is 12.4. The van der Waals surface area contributed by atoms with E-state index in [1.165, 1.54) is 49.7 Å². The van der Waals surface area contributed by atoms with Crippen molar-refractivity contribution in [1.29, 1.82) is 0 Å². The van der Waals surface area contributed by atoms with Gasteiger partial charge in [-0.05, 0) is 50.7 Å². The lowest BCUT2D eigenvalue weighted by atomic mass is 9.89. The molecule has 100 valence electrons. The van der Waals surface area contributed by atoms with E-state index in [-0.39, 0.29) is 0 Å². The molecule has 2 aliphatic heterocycles. The Labute approximate surface area is 114 Å². The van der Waals surface area contributed by atoms with Crippen LogP contribution < -0.4 is 5.32 Å². The Balaban J connectivity index is 1.55. The number of thiazole rings is 1. The summed E-state index contributed by atoms with van der Waals surface area (Å²) in [4.78, 5) is 7.34. The molecule has 0 saturated carbocycles. The van der Waals surface area contributed by atoms with Crippen molar-refractivity contribution in [2.24, 2.45) is 11.8 Å². The van der Waals surface area contributed by atoms with Gasteiger partial charge in [0.15, 0.2) is 0 Å². The Morgan fingerprint density at radius 2 is 2.33 bits per heavy atom. The fourth-order valence-electron chi connectivity index (χ4n) is 3.23. The van der Waals surface area contributed by atoms with Gasteiger partial charge in [-0.2, -0.15) is 0 Å². The van der Waals surface area contributed by atoms with Crippen LogP contribution in [0.15, 0.2) is 5.38 Å². The predicted octanol–water partition coefficient (Wildman–Crippen LogP) is 2.14. The lowest BCUT2D eigenvalue weighted by molar-refractivity contribution is 0.141. The van der Waals surface area contributed by atoms with Gasteiger partial charge in [-0.25, -0.2) is 4.98 Å². The molecule has 3 heterocycles. The van der Waals surface area contributed by atoms with Crippen LogP contribution in [0.5, 0.6) is 0 Å². The Kier molecular flexibility index (Phi) is 3.97. The second-order valence-electron chi connectivity index (χ2n) is 5.68. The first-order valence-corrected chi connectivity index (χ1v) is 8.09. The molecule has 2 saturated heterocycles. The maximum atomic E-state index is 4.74. The monoisotopic (exact) mass is 265 g/mol. The van der Waals surface area contributed by atoms with Gasteiger partial charge in [0.25, 0.3) is 0 Å². The third-order valence-corrected chi connectivity index (χ3v) is 5.19. The molecule has 3 rings (SSSR count). The Morgan fingerprint density at radius 3 is 3.22 bits per heavy atom. The summed E-state index contributed by atoms with van der Waals surface area (Å²) >= 11 is 1.83. The van der Waals surface area contributed by atoms with Crippen LogP contribution in [0.1, 0.15) is 30.5 Å². The minimum atomic E-state index is 0.882. The first-order valence-electron chi connectivity index (χ1n) is 7.21. The highest BCUT2D eigenvalue weighted by Gasteiger charge is 2.32. The number of rotatable bonds is 4. The number of nitrogens with one attached hydrogen (secondary N) is 1. The molecule has 1 N–H and O–H groups in total. The van der Waals surface area contributed by atoms with Crippen molar-refractivity contribution < 1.29 is 0 Å². The average molecular weight is 265 g/mol. The van der Waals surface area contributed by atoms with Crippen molar-refractivity contribution in [3.63, 3.8) is 0 Å². The zero-order valence-corrected chi connectivity index (χ0v) is 12.0. The van der Waals surface area contributed by atoms with Crippen LogP contribution in [0.2, 0.25) is 0 Å². The SMILES string of the molecule is CCCc1nc(CN2CCC3CNCC3C2)cs1. The van der Waals surface area contributed by atoms with Crippen LogP contribution in [0.25, 0.3) is 0 Å². The zero-order valence-electron chi connectivity index (χ0n) is 11.2. The molecule has 1 aromatic rings. The number of aryl methyl sites for hydroxylation is 1. The molecule has 2 fully saturated rings. The number of hydrogen-bond acceptors (Lipinski definition) is 4. The molecule has 4 heteroatoms. The van der Waals surface area contributed by atoms with Crippen molar-refractivity contribution in [1.82, 2.24) is 15.2 Å². The second kappa shape index (κ2) is 5.68. The van der Waals surface area contributed by atoms with Crippen molar-refractivity contribution >= 4 is 11.3 Å². The highest BCUT2D eigenvalue weighted by molar-refractivity contribution is 7.09. The van der Waals surface area contributed by atoms with Gasteiger partial charge in [-0.15, -0.1) is 11.3 Å². The van der Waals surface area contributed by atoms with E-state index in [0.29, 0.717) is 0 Å². The van der Waals surface area contributed by atoms with Gasteiger partial charge in [-0.1, -0.05) is 6.92 Å². The van der Waals surface area contributed by atoms with E-state index < -0.39 is 0 Å². The highest BCUT2D eigenvalue weighted by atomic mass is 32.1. The number of hydrogen-bond donors (Lipinski definition) is 1. The number of aromatic nitrogens is 1. The van der Waals surface area contributed by atoms with Crippen molar-refractivity contribution in [2.75, 3.05) is 26.2 Å². The number of nitrogens with zero attached hydrogens (tertiary/aromatic N) is 2. The van der Waals surface area contributed by atoms with Crippen LogP contribution in [0, 0.1) is 11.8 Å². The quantitative estimate of drug-likeness (QED) is 0.904. The van der Waals surface area contributed by atoms with E-state index in [1.807, 2.05) is 11.3 Å². The molecule has 0 aliphatic carbocycles. The first kappa shape index (κ1) is 12.6. The summed E-state index contributed by atoms with van der Waals surface area (Å²) in [7, 11) is 0. The molecule has 0 bridgehead atoms. The van der Waals surface area contributed by atoms with E-state index in [9.17, 15) is 0 Å². The summed E-state index contributed by atoms with van der Waals surface area (Å²) in [5.74, 6) is 1.82. The average Bonchev–Trinajstić information content (AvgIpc) is 2.98. The fourth-order valence-corrected chi connectivity index (χ4v) is 4.12. The van der Waals surface area contributed by atoms with Gasteiger partial charge in [0, 0.05) is 18.5 Å². The Hall–Kier alpha value is -0.450. The molecule has 0 aromatic carbocycles. The predicted molar refractivity (Wildman–Crippen MR) is 75.9 cm³/mol. The lowest BCUT2D eigenvalue weighted by Gasteiger charge is -2.33. The normalized spacial score (nSPS) is 28.5. The highest BCUT2D eigenvalue weighted by Crippen LogP contribution is 2.27. The van der Waals surface area contributed by atoms with E-state index in [0.717, 1.165) is 24.8 Å². The van der Waals surface area contributed by atoms with Crippen LogP contribution in [-0.4, -0.2) is 36.1 Å². The first-order chi connectivity index (χ1) is 8.85. The second-order valence-corrected chi connectivity index (χ2v) is 6.63. The molecule has 18 heavy (non-hydrogen) atoms. The molecule has 2 aliphatic rings. The maximum absolute atomic E-state index is 4.74. The van der Waals surface area contributed by atoms with Crippen molar-refractivity contribution in [2.45, 2.75) is 32.7 Å². The third kappa shape index (κ3) is 2.76. The third-order valence-electron chi connectivity index (χ3n) is 4.24. The molecule has 0 amide bonds. The number of fused-ring (bicyclic) bond motifs is 1. The summed E-state index contributed by atoms with van der Waals surface area (Å²) in [6, 6.07) is 0. The number of likely N-dealkylation sites (tertiary alicyclic amines) is 1. The molecule has 2 atom stereocenters. The van der Waals surface area contributed by atoms with E-state index in [4.69, 9.17) is 4.98 Å². The molecular formula is C14H23N3S. The van der Waals surface area contributed by atoms with E-state index in [1.54, 1.807) is 0 Å². The van der Waals surface area contributed by atoms with Gasteiger partial charge in [0.2, 0.25) is 0 Å². The smallest absolute Gasteiger partial charge is 0.0928 e. The summed E-state index contributed by atoms with van der Waals surface area (Å²) < 4.78 is 0. The van der Waals surface area contributed by atoms with E-state index in [2.05, 4.69) is 22.5 Å². The molecule has 1 aromatic heterocycles. The summed E-state index contributed by atoms with van der Waals surface area (Å²) in [5, 5.41) is 7.09. The molecule has 0 radical (unpaired) electrons. The standard InChI is InChI=1S/C14H23N3S/c1-2-3-14-16-13(10-18-14)9-17-5-4-11-6-15-7-12(11)8-17/h10-12,15H,2-9H2,1H3. The largest absolute Gasteiger partial charge is 0.316 e. The number of piperidine rings is 1. The Morgan fingerprint density at radius 1 is 1.44 bits per heavy atom. The van der Waals surface area contributed by atoms with Gasteiger partial charge < -0.3 is 5.32 Å². The summed E-state index contributed by atoms with van der Waals surface area (Å²) in [5.41, 5.74) is 1.29. The van der Waals surface area contributed by atoms with Crippen LogP contribution in [0.4, 0.5) is 0 Å². The molecule has 2 unspecified atom stereocenters. The van der Waals surface area contributed by atoms with Crippen LogP contribution in [0.3, 0.4) is 0 Å². The van der Waals surface area contributed by atoms with Gasteiger partial charge in [0.05, 0.1) is 10.7 Å².